The number of benzene rings is 1. The monoisotopic (exact) mass is 255 g/mol. The first-order valence-corrected chi connectivity index (χ1v) is 5.46. The molecule has 0 radical (unpaired) electrons. The van der Waals surface area contributed by atoms with Crippen molar-refractivity contribution in [3.05, 3.63) is 34.3 Å². The maximum atomic E-state index is 11.9. The van der Waals surface area contributed by atoms with Crippen LogP contribution in [0, 0.1) is 0 Å². The molecular weight excluding hydrogens is 242 g/mol. The van der Waals surface area contributed by atoms with Gasteiger partial charge >= 0.3 is 0 Å². The number of nitrogens with zero attached hydrogens (tertiary/aromatic N) is 1. The van der Waals surface area contributed by atoms with Crippen molar-refractivity contribution < 1.29 is 4.79 Å². The number of hydrogen-bond acceptors (Lipinski definition) is 1. The molecule has 1 aromatic carbocycles. The first-order valence-electron chi connectivity index (χ1n) is 4.66. The van der Waals surface area contributed by atoms with Crippen molar-refractivity contribution in [1.82, 2.24) is 4.90 Å². The second kappa shape index (κ2) is 5.15. The third-order valence-corrected chi connectivity index (χ3v) is 2.70. The summed E-state index contributed by atoms with van der Waals surface area (Å²) in [5.41, 5.74) is 0.725. The van der Waals surface area contributed by atoms with E-state index in [1.54, 1.807) is 4.90 Å². The Labute approximate surface area is 93.0 Å². The highest BCUT2D eigenvalue weighted by Gasteiger charge is 2.12. The molecule has 1 rings (SSSR count). The average Bonchev–Trinajstić information content (AvgIpc) is 2.18. The van der Waals surface area contributed by atoms with Crippen molar-refractivity contribution in [3.63, 3.8) is 0 Å². The van der Waals surface area contributed by atoms with Crippen molar-refractivity contribution in [2.24, 2.45) is 0 Å². The lowest BCUT2D eigenvalue weighted by Gasteiger charge is -2.16. The summed E-state index contributed by atoms with van der Waals surface area (Å²) in [5.74, 6) is 0.0688. The summed E-state index contributed by atoms with van der Waals surface area (Å²) in [5, 5.41) is 0. The molecule has 0 aliphatic rings. The molecule has 0 bridgehead atoms. The molecule has 0 spiro atoms. The summed E-state index contributed by atoms with van der Waals surface area (Å²) in [6.45, 7) is 2.85. The van der Waals surface area contributed by atoms with Crippen LogP contribution in [-0.4, -0.2) is 24.4 Å². The molecule has 0 heterocycles. The van der Waals surface area contributed by atoms with Crippen molar-refractivity contribution in [2.45, 2.75) is 13.3 Å². The van der Waals surface area contributed by atoms with Gasteiger partial charge in [-0.2, -0.15) is 0 Å². The molecule has 1 aromatic rings. The van der Waals surface area contributed by atoms with E-state index < -0.39 is 0 Å². The molecule has 0 atom stereocenters. The van der Waals surface area contributed by atoms with E-state index in [1.165, 1.54) is 0 Å². The van der Waals surface area contributed by atoms with Gasteiger partial charge in [-0.05, 0) is 34.5 Å². The number of hydrogen-bond donors (Lipinski definition) is 0. The molecular formula is C11H14BrNO. The van der Waals surface area contributed by atoms with Crippen LogP contribution in [0.25, 0.3) is 0 Å². The molecule has 76 valence electrons. The Balaban J connectivity index is 2.84. The molecule has 0 fully saturated rings. The highest BCUT2D eigenvalue weighted by Crippen LogP contribution is 2.17. The van der Waals surface area contributed by atoms with Gasteiger partial charge < -0.3 is 4.90 Å². The molecule has 2 nitrogen and oxygen atoms in total. The maximum absolute atomic E-state index is 11.9. The predicted octanol–water partition coefficient (Wildman–Crippen LogP) is 2.93. The minimum atomic E-state index is 0.0688. The fourth-order valence-electron chi connectivity index (χ4n) is 1.28. The van der Waals surface area contributed by atoms with Gasteiger partial charge in [-0.25, -0.2) is 0 Å². The summed E-state index contributed by atoms with van der Waals surface area (Å²) in [4.78, 5) is 13.6. The Bertz CT molecular complexity index is 325. The van der Waals surface area contributed by atoms with Gasteiger partial charge in [0, 0.05) is 18.1 Å². The first-order chi connectivity index (χ1) is 6.66. The van der Waals surface area contributed by atoms with Crippen molar-refractivity contribution in [3.8, 4) is 0 Å². The zero-order valence-electron chi connectivity index (χ0n) is 8.46. The van der Waals surface area contributed by atoms with Gasteiger partial charge in [-0.1, -0.05) is 19.1 Å². The number of carbonyl (C=O) groups excluding carboxylic acids is 1. The smallest absolute Gasteiger partial charge is 0.254 e. The largest absolute Gasteiger partial charge is 0.342 e. The highest BCUT2D eigenvalue weighted by molar-refractivity contribution is 9.10. The number of halogens is 1. The van der Waals surface area contributed by atoms with E-state index in [0.717, 1.165) is 23.0 Å². The highest BCUT2D eigenvalue weighted by atomic mass is 79.9. The van der Waals surface area contributed by atoms with Gasteiger partial charge in [0.15, 0.2) is 0 Å². The van der Waals surface area contributed by atoms with E-state index in [9.17, 15) is 4.79 Å². The summed E-state index contributed by atoms with van der Waals surface area (Å²) < 4.78 is 0.855. The van der Waals surface area contributed by atoms with Gasteiger partial charge in [0.25, 0.3) is 5.91 Å². The summed E-state index contributed by atoms with van der Waals surface area (Å²) in [7, 11) is 1.82. The molecule has 14 heavy (non-hydrogen) atoms. The molecule has 0 aliphatic heterocycles. The van der Waals surface area contributed by atoms with Crippen LogP contribution in [0.3, 0.4) is 0 Å². The fraction of sp³-hybridized carbons (Fsp3) is 0.364. The normalized spacial score (nSPS) is 9.93. The minimum absolute atomic E-state index is 0.0688. The molecule has 0 aromatic heterocycles. The SMILES string of the molecule is CCCN(C)C(=O)c1ccccc1Br. The van der Waals surface area contributed by atoms with E-state index in [4.69, 9.17) is 0 Å². The van der Waals surface area contributed by atoms with Crippen LogP contribution in [-0.2, 0) is 0 Å². The Kier molecular flexibility index (Phi) is 4.14. The lowest BCUT2D eigenvalue weighted by Crippen LogP contribution is -2.27. The van der Waals surface area contributed by atoms with Crippen molar-refractivity contribution in [1.29, 1.82) is 0 Å². The quantitative estimate of drug-likeness (QED) is 0.814. The minimum Gasteiger partial charge on any atom is -0.342 e. The number of carbonyl (C=O) groups is 1. The third-order valence-electron chi connectivity index (χ3n) is 2.01. The van der Waals surface area contributed by atoms with Crippen molar-refractivity contribution >= 4 is 21.8 Å². The predicted molar refractivity (Wildman–Crippen MR) is 61.4 cm³/mol. The molecule has 0 N–H and O–H groups in total. The Morgan fingerprint density at radius 2 is 2.07 bits per heavy atom. The third kappa shape index (κ3) is 2.58. The zero-order valence-corrected chi connectivity index (χ0v) is 10.0. The van der Waals surface area contributed by atoms with Crippen LogP contribution in [0.5, 0.6) is 0 Å². The van der Waals surface area contributed by atoms with E-state index in [0.29, 0.717) is 0 Å². The van der Waals surface area contributed by atoms with Gasteiger partial charge in [-0.3, -0.25) is 4.79 Å². The zero-order chi connectivity index (χ0) is 10.6. The van der Waals surface area contributed by atoms with Crippen LogP contribution in [0.2, 0.25) is 0 Å². The Hall–Kier alpha value is -0.830. The lowest BCUT2D eigenvalue weighted by atomic mass is 10.2. The maximum Gasteiger partial charge on any atom is 0.254 e. The van der Waals surface area contributed by atoms with Crippen LogP contribution in [0.1, 0.15) is 23.7 Å². The van der Waals surface area contributed by atoms with Crippen molar-refractivity contribution in [2.75, 3.05) is 13.6 Å². The van der Waals surface area contributed by atoms with Gasteiger partial charge in [-0.15, -0.1) is 0 Å². The molecule has 0 unspecified atom stereocenters. The summed E-state index contributed by atoms with van der Waals surface area (Å²) in [6.07, 6.45) is 0.979. The van der Waals surface area contributed by atoms with Gasteiger partial charge in [0.1, 0.15) is 0 Å². The van der Waals surface area contributed by atoms with E-state index in [2.05, 4.69) is 22.9 Å². The molecule has 3 heteroatoms. The standard InChI is InChI=1S/C11H14BrNO/c1-3-8-13(2)11(14)9-6-4-5-7-10(9)12/h4-7H,3,8H2,1-2H3. The second-order valence-corrected chi connectivity index (χ2v) is 4.06. The summed E-state index contributed by atoms with van der Waals surface area (Å²) in [6, 6.07) is 7.49. The topological polar surface area (TPSA) is 20.3 Å². The molecule has 0 aliphatic carbocycles. The Morgan fingerprint density at radius 1 is 1.43 bits per heavy atom. The second-order valence-electron chi connectivity index (χ2n) is 3.21. The fourth-order valence-corrected chi connectivity index (χ4v) is 1.73. The molecule has 0 saturated carbocycles. The first kappa shape index (κ1) is 11.2. The van der Waals surface area contributed by atoms with Crippen LogP contribution in [0.15, 0.2) is 28.7 Å². The Morgan fingerprint density at radius 3 is 2.64 bits per heavy atom. The van der Waals surface area contributed by atoms with E-state index in [1.807, 2.05) is 31.3 Å². The van der Waals surface area contributed by atoms with Crippen LogP contribution >= 0.6 is 15.9 Å². The summed E-state index contributed by atoms with van der Waals surface area (Å²) >= 11 is 3.37. The number of rotatable bonds is 3. The van der Waals surface area contributed by atoms with E-state index >= 15 is 0 Å². The lowest BCUT2D eigenvalue weighted by molar-refractivity contribution is 0.0794. The van der Waals surface area contributed by atoms with Crippen LogP contribution < -0.4 is 0 Å². The molecule has 1 amide bonds. The van der Waals surface area contributed by atoms with Crippen LogP contribution in [0.4, 0.5) is 0 Å². The van der Waals surface area contributed by atoms with Gasteiger partial charge in [0.2, 0.25) is 0 Å². The van der Waals surface area contributed by atoms with E-state index in [-0.39, 0.29) is 5.91 Å². The average molecular weight is 256 g/mol. The van der Waals surface area contributed by atoms with Gasteiger partial charge in [0.05, 0.1) is 5.56 Å². The number of amides is 1. The molecule has 0 saturated heterocycles.